The van der Waals surface area contributed by atoms with Crippen LogP contribution in [0.1, 0.15) is 11.6 Å². The number of carbonyl (C=O) groups excluding carboxylic acids is 1. The van der Waals surface area contributed by atoms with E-state index in [1.54, 1.807) is 12.1 Å². The molecule has 1 aromatic carbocycles. The van der Waals surface area contributed by atoms with Crippen LogP contribution in [-0.2, 0) is 4.74 Å². The molecule has 1 heterocycles. The number of carbonyl (C=O) groups is 1. The number of phenolic OH excluding ortho intramolecular Hbond substituents is 1. The highest BCUT2D eigenvalue weighted by Gasteiger charge is 2.25. The summed E-state index contributed by atoms with van der Waals surface area (Å²) in [5.74, 6) is 0.0632. The third-order valence-corrected chi connectivity index (χ3v) is 2.28. The van der Waals surface area contributed by atoms with Gasteiger partial charge in [-0.1, -0.05) is 17.7 Å². The third-order valence-electron chi connectivity index (χ3n) is 2.04. The number of cyclic esters (lactones) is 1. The van der Waals surface area contributed by atoms with Gasteiger partial charge in [0.15, 0.2) is 0 Å². The van der Waals surface area contributed by atoms with Gasteiger partial charge in [0.05, 0.1) is 6.04 Å². The number of benzene rings is 1. The minimum Gasteiger partial charge on any atom is -0.508 e. The van der Waals surface area contributed by atoms with Crippen molar-refractivity contribution in [1.82, 2.24) is 5.32 Å². The number of hydrogen-bond acceptors (Lipinski definition) is 3. The molecule has 74 valence electrons. The maximum atomic E-state index is 10.8. The van der Waals surface area contributed by atoms with Crippen LogP contribution in [0.3, 0.4) is 0 Å². The lowest BCUT2D eigenvalue weighted by molar-refractivity contribution is 0.177. The fourth-order valence-corrected chi connectivity index (χ4v) is 1.53. The molecule has 0 aliphatic carbocycles. The Balaban J connectivity index is 2.28. The first-order chi connectivity index (χ1) is 6.66. The summed E-state index contributed by atoms with van der Waals surface area (Å²) < 4.78 is 4.71. The zero-order chi connectivity index (χ0) is 10.1. The average Bonchev–Trinajstić information content (AvgIpc) is 2.51. The minimum absolute atomic E-state index is 0.0632. The highest BCUT2D eigenvalue weighted by atomic mass is 35.5. The van der Waals surface area contributed by atoms with Crippen molar-refractivity contribution in [3.63, 3.8) is 0 Å². The fraction of sp³-hybridized carbons (Fsp3) is 0.222. The molecule has 2 rings (SSSR count). The molecule has 1 amide bonds. The van der Waals surface area contributed by atoms with Gasteiger partial charge in [0.25, 0.3) is 0 Å². The van der Waals surface area contributed by atoms with Gasteiger partial charge >= 0.3 is 6.09 Å². The molecule has 1 aromatic rings. The second-order valence-electron chi connectivity index (χ2n) is 3.00. The quantitative estimate of drug-likeness (QED) is 0.748. The summed E-state index contributed by atoms with van der Waals surface area (Å²) in [6.07, 6.45) is -0.468. The van der Waals surface area contributed by atoms with E-state index in [-0.39, 0.29) is 18.4 Å². The molecule has 1 saturated heterocycles. The molecule has 0 bridgehead atoms. The molecule has 4 nitrogen and oxygen atoms in total. The second-order valence-corrected chi connectivity index (χ2v) is 3.43. The molecule has 1 aliphatic rings. The highest BCUT2D eigenvalue weighted by molar-refractivity contribution is 6.30. The highest BCUT2D eigenvalue weighted by Crippen LogP contribution is 2.29. The van der Waals surface area contributed by atoms with Gasteiger partial charge in [0.1, 0.15) is 12.4 Å². The van der Waals surface area contributed by atoms with Crippen molar-refractivity contribution in [2.75, 3.05) is 6.61 Å². The molecule has 0 aromatic heterocycles. The zero-order valence-electron chi connectivity index (χ0n) is 7.16. The van der Waals surface area contributed by atoms with Crippen LogP contribution in [0.5, 0.6) is 5.75 Å². The Morgan fingerprint density at radius 1 is 1.57 bits per heavy atom. The lowest BCUT2D eigenvalue weighted by atomic mass is 10.1. The second kappa shape index (κ2) is 3.38. The van der Waals surface area contributed by atoms with Gasteiger partial charge in [0.2, 0.25) is 0 Å². The summed E-state index contributed by atoms with van der Waals surface area (Å²) >= 11 is 5.67. The van der Waals surface area contributed by atoms with E-state index >= 15 is 0 Å². The summed E-state index contributed by atoms with van der Waals surface area (Å²) in [6, 6.07) is 4.46. The molecule has 14 heavy (non-hydrogen) atoms. The number of phenols is 1. The topological polar surface area (TPSA) is 58.6 Å². The lowest BCUT2D eigenvalue weighted by Crippen LogP contribution is -2.18. The molecule has 2 N–H and O–H groups in total. The fourth-order valence-electron chi connectivity index (χ4n) is 1.36. The number of aromatic hydroxyl groups is 1. The Morgan fingerprint density at radius 2 is 2.36 bits per heavy atom. The van der Waals surface area contributed by atoms with Gasteiger partial charge in [-0.3, -0.25) is 0 Å². The number of ether oxygens (including phenoxy) is 1. The monoisotopic (exact) mass is 213 g/mol. The number of rotatable bonds is 1. The summed E-state index contributed by atoms with van der Waals surface area (Å²) in [5.41, 5.74) is 0.611. The third kappa shape index (κ3) is 1.61. The van der Waals surface area contributed by atoms with Gasteiger partial charge in [-0.2, -0.15) is 0 Å². The largest absolute Gasteiger partial charge is 0.508 e. The van der Waals surface area contributed by atoms with Crippen molar-refractivity contribution in [3.8, 4) is 5.75 Å². The standard InChI is InChI=1S/C9H8ClNO3/c10-5-1-2-6(8(12)3-5)7-4-14-9(13)11-7/h1-3,7,12H,4H2,(H,11,13)/t7-/m1/s1. The van der Waals surface area contributed by atoms with E-state index in [9.17, 15) is 9.90 Å². The van der Waals surface area contributed by atoms with Gasteiger partial charge in [-0.25, -0.2) is 4.79 Å². The Kier molecular flexibility index (Phi) is 2.21. The first-order valence-electron chi connectivity index (χ1n) is 4.08. The van der Waals surface area contributed by atoms with E-state index < -0.39 is 6.09 Å². The van der Waals surface area contributed by atoms with Crippen LogP contribution in [-0.4, -0.2) is 17.8 Å². The number of halogens is 1. The van der Waals surface area contributed by atoms with Gasteiger partial charge < -0.3 is 15.2 Å². The minimum atomic E-state index is -0.468. The number of alkyl carbamates (subject to hydrolysis) is 1. The van der Waals surface area contributed by atoms with E-state index in [0.29, 0.717) is 10.6 Å². The van der Waals surface area contributed by atoms with Crippen molar-refractivity contribution >= 4 is 17.7 Å². The summed E-state index contributed by atoms with van der Waals surface area (Å²) in [7, 11) is 0. The van der Waals surface area contributed by atoms with Crippen LogP contribution in [0.2, 0.25) is 5.02 Å². The van der Waals surface area contributed by atoms with Crippen molar-refractivity contribution in [2.24, 2.45) is 0 Å². The van der Waals surface area contributed by atoms with Gasteiger partial charge in [-0.05, 0) is 12.1 Å². The van der Waals surface area contributed by atoms with E-state index in [0.717, 1.165) is 0 Å². The molecule has 0 saturated carbocycles. The van der Waals surface area contributed by atoms with E-state index in [1.807, 2.05) is 0 Å². The van der Waals surface area contributed by atoms with E-state index in [4.69, 9.17) is 16.3 Å². The lowest BCUT2D eigenvalue weighted by Gasteiger charge is -2.09. The smallest absolute Gasteiger partial charge is 0.407 e. The average molecular weight is 214 g/mol. The van der Waals surface area contributed by atoms with Crippen LogP contribution in [0.25, 0.3) is 0 Å². The molecule has 1 aliphatic heterocycles. The van der Waals surface area contributed by atoms with Crippen molar-refractivity contribution in [2.45, 2.75) is 6.04 Å². The SMILES string of the molecule is O=C1N[C@@H](c2ccc(Cl)cc2O)CO1. The van der Waals surface area contributed by atoms with Crippen LogP contribution >= 0.6 is 11.6 Å². The predicted octanol–water partition coefficient (Wildman–Crippen LogP) is 1.83. The summed E-state index contributed by atoms with van der Waals surface area (Å²) in [6.45, 7) is 0.230. The normalized spacial score (nSPS) is 20.4. The maximum Gasteiger partial charge on any atom is 0.407 e. The number of nitrogens with one attached hydrogen (secondary N) is 1. The summed E-state index contributed by atoms with van der Waals surface area (Å²) in [4.78, 5) is 10.8. The molecule has 5 heteroatoms. The van der Waals surface area contributed by atoms with E-state index in [2.05, 4.69) is 5.32 Å². The predicted molar refractivity (Wildman–Crippen MR) is 50.3 cm³/mol. The molecule has 1 atom stereocenters. The van der Waals surface area contributed by atoms with Crippen molar-refractivity contribution in [1.29, 1.82) is 0 Å². The molecular weight excluding hydrogens is 206 g/mol. The van der Waals surface area contributed by atoms with Gasteiger partial charge in [0, 0.05) is 10.6 Å². The van der Waals surface area contributed by atoms with Crippen LogP contribution in [0, 0.1) is 0 Å². The van der Waals surface area contributed by atoms with Crippen LogP contribution in [0.15, 0.2) is 18.2 Å². The van der Waals surface area contributed by atoms with Crippen molar-refractivity contribution in [3.05, 3.63) is 28.8 Å². The Hall–Kier alpha value is -1.42. The zero-order valence-corrected chi connectivity index (χ0v) is 7.91. The number of hydrogen-bond donors (Lipinski definition) is 2. The Bertz CT molecular complexity index is 380. The van der Waals surface area contributed by atoms with E-state index in [1.165, 1.54) is 6.07 Å². The Labute approximate surface area is 85.4 Å². The van der Waals surface area contributed by atoms with Gasteiger partial charge in [-0.15, -0.1) is 0 Å². The molecule has 0 unspecified atom stereocenters. The molecule has 0 radical (unpaired) electrons. The Morgan fingerprint density at radius 3 is 2.93 bits per heavy atom. The van der Waals surface area contributed by atoms with Crippen LogP contribution in [0.4, 0.5) is 4.79 Å². The first-order valence-corrected chi connectivity index (χ1v) is 4.46. The summed E-state index contributed by atoms with van der Waals surface area (Å²) in [5, 5.41) is 12.6. The molecule has 0 spiro atoms. The first kappa shape index (κ1) is 9.15. The molecule has 1 fully saturated rings. The molecular formula is C9H8ClNO3. The number of amides is 1. The van der Waals surface area contributed by atoms with Crippen LogP contribution < -0.4 is 5.32 Å². The van der Waals surface area contributed by atoms with Crippen molar-refractivity contribution < 1.29 is 14.6 Å². The maximum absolute atomic E-state index is 10.8.